The molecule has 0 aliphatic carbocycles. The SMILES string of the molecule is C[C@H](N)Cc1ccc(N)cc1C#N. The molecule has 0 fully saturated rings. The Bertz CT molecular complexity index is 337. The molecule has 0 aliphatic rings. The Morgan fingerprint density at radius 3 is 2.77 bits per heavy atom. The van der Waals surface area contributed by atoms with Gasteiger partial charge in [-0.2, -0.15) is 5.26 Å². The molecular weight excluding hydrogens is 162 g/mol. The molecule has 0 aromatic heterocycles. The van der Waals surface area contributed by atoms with Gasteiger partial charge in [-0.25, -0.2) is 0 Å². The maximum atomic E-state index is 8.81. The minimum absolute atomic E-state index is 0.0655. The molecule has 68 valence electrons. The number of hydrogen-bond donors (Lipinski definition) is 2. The lowest BCUT2D eigenvalue weighted by Gasteiger charge is -2.07. The first kappa shape index (κ1) is 9.56. The summed E-state index contributed by atoms with van der Waals surface area (Å²) in [5.74, 6) is 0. The molecule has 0 spiro atoms. The Morgan fingerprint density at radius 2 is 2.23 bits per heavy atom. The van der Waals surface area contributed by atoms with Gasteiger partial charge < -0.3 is 11.5 Å². The molecule has 0 bridgehead atoms. The van der Waals surface area contributed by atoms with E-state index in [2.05, 4.69) is 6.07 Å². The molecule has 0 radical (unpaired) electrons. The smallest absolute Gasteiger partial charge is 0.0995 e. The number of anilines is 1. The van der Waals surface area contributed by atoms with Gasteiger partial charge in [0.25, 0.3) is 0 Å². The lowest BCUT2D eigenvalue weighted by molar-refractivity contribution is 0.737. The fraction of sp³-hybridized carbons (Fsp3) is 0.300. The molecule has 0 amide bonds. The van der Waals surface area contributed by atoms with Crippen LogP contribution in [0.5, 0.6) is 0 Å². The number of nitrogens with zero attached hydrogens (tertiary/aromatic N) is 1. The van der Waals surface area contributed by atoms with Crippen molar-refractivity contribution < 1.29 is 0 Å². The topological polar surface area (TPSA) is 75.8 Å². The van der Waals surface area contributed by atoms with Crippen molar-refractivity contribution in [2.24, 2.45) is 5.73 Å². The van der Waals surface area contributed by atoms with E-state index in [1.807, 2.05) is 13.0 Å². The molecule has 1 aromatic rings. The highest BCUT2D eigenvalue weighted by Gasteiger charge is 2.04. The van der Waals surface area contributed by atoms with Gasteiger partial charge >= 0.3 is 0 Å². The van der Waals surface area contributed by atoms with Crippen LogP contribution in [0.4, 0.5) is 5.69 Å². The predicted molar refractivity (Wildman–Crippen MR) is 52.9 cm³/mol. The molecule has 0 heterocycles. The van der Waals surface area contributed by atoms with Crippen LogP contribution in [0.1, 0.15) is 18.1 Å². The van der Waals surface area contributed by atoms with Crippen molar-refractivity contribution in [2.45, 2.75) is 19.4 Å². The number of rotatable bonds is 2. The third kappa shape index (κ3) is 2.46. The van der Waals surface area contributed by atoms with Gasteiger partial charge in [-0.15, -0.1) is 0 Å². The average Bonchev–Trinajstić information content (AvgIpc) is 2.07. The minimum Gasteiger partial charge on any atom is -0.399 e. The Morgan fingerprint density at radius 1 is 1.54 bits per heavy atom. The molecule has 3 heteroatoms. The van der Waals surface area contributed by atoms with Gasteiger partial charge in [0.2, 0.25) is 0 Å². The first-order chi connectivity index (χ1) is 6.13. The monoisotopic (exact) mass is 175 g/mol. The van der Waals surface area contributed by atoms with Gasteiger partial charge in [0.15, 0.2) is 0 Å². The second-order valence-electron chi connectivity index (χ2n) is 3.21. The summed E-state index contributed by atoms with van der Waals surface area (Å²) >= 11 is 0. The quantitative estimate of drug-likeness (QED) is 0.659. The standard InChI is InChI=1S/C10H13N3/c1-7(12)4-8-2-3-10(13)5-9(8)6-11/h2-3,5,7H,4,12-13H2,1H3/t7-/m0/s1. The second-order valence-corrected chi connectivity index (χ2v) is 3.21. The van der Waals surface area contributed by atoms with E-state index in [0.29, 0.717) is 17.7 Å². The summed E-state index contributed by atoms with van der Waals surface area (Å²) < 4.78 is 0. The van der Waals surface area contributed by atoms with Crippen molar-refractivity contribution in [3.05, 3.63) is 29.3 Å². The first-order valence-electron chi connectivity index (χ1n) is 4.17. The highest BCUT2D eigenvalue weighted by Crippen LogP contribution is 2.13. The summed E-state index contributed by atoms with van der Waals surface area (Å²) in [5, 5.41) is 8.81. The predicted octanol–water partition coefficient (Wildman–Crippen LogP) is 1.03. The molecule has 0 aliphatic heterocycles. The largest absolute Gasteiger partial charge is 0.399 e. The third-order valence-corrected chi connectivity index (χ3v) is 1.80. The van der Waals surface area contributed by atoms with Gasteiger partial charge in [-0.05, 0) is 31.0 Å². The third-order valence-electron chi connectivity index (χ3n) is 1.80. The van der Waals surface area contributed by atoms with Crippen LogP contribution in [-0.4, -0.2) is 6.04 Å². The summed E-state index contributed by atoms with van der Waals surface area (Å²) in [4.78, 5) is 0. The molecule has 3 nitrogen and oxygen atoms in total. The van der Waals surface area contributed by atoms with Crippen LogP contribution >= 0.6 is 0 Å². The van der Waals surface area contributed by atoms with Crippen LogP contribution in [-0.2, 0) is 6.42 Å². The minimum atomic E-state index is 0.0655. The molecular formula is C10H13N3. The van der Waals surface area contributed by atoms with E-state index in [-0.39, 0.29) is 6.04 Å². The van der Waals surface area contributed by atoms with Crippen LogP contribution in [0.2, 0.25) is 0 Å². The first-order valence-corrected chi connectivity index (χ1v) is 4.17. The van der Waals surface area contributed by atoms with Crippen molar-refractivity contribution in [1.82, 2.24) is 0 Å². The lowest BCUT2D eigenvalue weighted by Crippen LogP contribution is -2.18. The van der Waals surface area contributed by atoms with Crippen molar-refractivity contribution in [3.8, 4) is 6.07 Å². The van der Waals surface area contributed by atoms with Crippen molar-refractivity contribution in [2.75, 3.05) is 5.73 Å². The van der Waals surface area contributed by atoms with Crippen molar-refractivity contribution in [3.63, 3.8) is 0 Å². The molecule has 4 N–H and O–H groups in total. The molecule has 0 saturated carbocycles. The van der Waals surface area contributed by atoms with Crippen molar-refractivity contribution >= 4 is 5.69 Å². The van der Waals surface area contributed by atoms with E-state index >= 15 is 0 Å². The molecule has 0 unspecified atom stereocenters. The van der Waals surface area contributed by atoms with Gasteiger partial charge in [-0.3, -0.25) is 0 Å². The maximum absolute atomic E-state index is 8.81. The Balaban J connectivity index is 3.01. The average molecular weight is 175 g/mol. The normalized spacial score (nSPS) is 12.1. The molecule has 1 rings (SSSR count). The van der Waals surface area contributed by atoms with Crippen LogP contribution in [0.3, 0.4) is 0 Å². The van der Waals surface area contributed by atoms with Crippen LogP contribution < -0.4 is 11.5 Å². The van der Waals surface area contributed by atoms with Crippen LogP contribution in [0.15, 0.2) is 18.2 Å². The maximum Gasteiger partial charge on any atom is 0.0995 e. The molecule has 1 atom stereocenters. The lowest BCUT2D eigenvalue weighted by atomic mass is 10.0. The van der Waals surface area contributed by atoms with Gasteiger partial charge in [-0.1, -0.05) is 6.07 Å². The number of hydrogen-bond acceptors (Lipinski definition) is 3. The van der Waals surface area contributed by atoms with E-state index in [0.717, 1.165) is 5.56 Å². The van der Waals surface area contributed by atoms with E-state index in [9.17, 15) is 0 Å². The molecule has 0 saturated heterocycles. The molecule has 13 heavy (non-hydrogen) atoms. The van der Waals surface area contributed by atoms with Crippen molar-refractivity contribution in [1.29, 1.82) is 5.26 Å². The van der Waals surface area contributed by atoms with Crippen LogP contribution in [0.25, 0.3) is 0 Å². The van der Waals surface area contributed by atoms with Gasteiger partial charge in [0, 0.05) is 11.7 Å². The fourth-order valence-electron chi connectivity index (χ4n) is 1.22. The highest BCUT2D eigenvalue weighted by molar-refractivity contribution is 5.50. The molecule has 1 aromatic carbocycles. The van der Waals surface area contributed by atoms with E-state index in [1.165, 1.54) is 0 Å². The fourth-order valence-corrected chi connectivity index (χ4v) is 1.22. The highest BCUT2D eigenvalue weighted by atomic mass is 14.6. The van der Waals surface area contributed by atoms with E-state index in [1.54, 1.807) is 12.1 Å². The summed E-state index contributed by atoms with van der Waals surface area (Å²) in [7, 11) is 0. The Hall–Kier alpha value is -1.53. The van der Waals surface area contributed by atoms with E-state index in [4.69, 9.17) is 16.7 Å². The van der Waals surface area contributed by atoms with Gasteiger partial charge in [0.1, 0.15) is 0 Å². The van der Waals surface area contributed by atoms with Crippen LogP contribution in [0, 0.1) is 11.3 Å². The number of nitrogen functional groups attached to an aromatic ring is 1. The Kier molecular flexibility index (Phi) is 2.88. The summed E-state index contributed by atoms with van der Waals surface area (Å²) in [5.41, 5.74) is 13.4. The number of nitriles is 1. The van der Waals surface area contributed by atoms with E-state index < -0.39 is 0 Å². The number of nitrogens with two attached hydrogens (primary N) is 2. The zero-order chi connectivity index (χ0) is 9.84. The summed E-state index contributed by atoms with van der Waals surface area (Å²) in [6, 6.07) is 7.50. The summed E-state index contributed by atoms with van der Waals surface area (Å²) in [6.45, 7) is 1.91. The zero-order valence-corrected chi connectivity index (χ0v) is 7.62. The number of benzene rings is 1. The zero-order valence-electron chi connectivity index (χ0n) is 7.62. The summed E-state index contributed by atoms with van der Waals surface area (Å²) in [6.07, 6.45) is 0.711. The second kappa shape index (κ2) is 3.92. The van der Waals surface area contributed by atoms with Gasteiger partial charge in [0.05, 0.1) is 11.6 Å². The Labute approximate surface area is 78.0 Å².